The molecule has 0 aliphatic carbocycles. The van der Waals surface area contributed by atoms with Gasteiger partial charge in [-0.1, -0.05) is 54.9 Å². The van der Waals surface area contributed by atoms with Crippen LogP contribution in [0, 0.1) is 17.3 Å². The molecule has 6 unspecified atom stereocenters. The monoisotopic (exact) mass is 994 g/mol. The molecule has 0 aromatic rings. The van der Waals surface area contributed by atoms with E-state index >= 15 is 0 Å². The minimum absolute atomic E-state index is 0.105. The lowest BCUT2D eigenvalue weighted by Crippen LogP contribution is -2.49. The van der Waals surface area contributed by atoms with Gasteiger partial charge in [0.15, 0.2) is 23.1 Å². The molecule has 0 saturated carbocycles. The van der Waals surface area contributed by atoms with Gasteiger partial charge in [0.2, 0.25) is 0 Å². The van der Waals surface area contributed by atoms with E-state index in [4.69, 9.17) is 66.6 Å². The summed E-state index contributed by atoms with van der Waals surface area (Å²) in [6.45, 7) is 32.5. The number of hydrogen-bond donors (Lipinski definition) is 5. The zero-order valence-corrected chi connectivity index (χ0v) is 45.1. The lowest BCUT2D eigenvalue weighted by molar-refractivity contribution is -0.282. The van der Waals surface area contributed by atoms with E-state index in [0.29, 0.717) is 35.7 Å². The number of rotatable bonds is 13. The molecule has 13 nitrogen and oxygen atoms in total. The standard InChI is InChI=1S/C11H23NS2.2C10H21NO2.C9H19NO2.C8H14F3NO2/c1-10(2,3)9(12)8-11(4)13-6-5-7-14-11;1-8(2)9(11)7-10(3)12-5-4-6-13-10;1-3-5-9(11)8-10(2)12-6-4-7-13-10;1-7(8(2)10)9(3)11-5-4-6-12-9;1-7(13-3-2-4-14-7)5-6(12)8(9,10)11/h9H,5-8,12H2,1-4H3;8-9H,4-7,11H2,1-3H3;9H,3-8,11H2,1-2H3;7-8H,4-6,10H2,1-3H3;6H,2-5,12H2,1H3. The molecule has 0 spiro atoms. The maximum absolute atomic E-state index is 12.1. The van der Waals surface area contributed by atoms with E-state index in [9.17, 15) is 13.2 Å². The van der Waals surface area contributed by atoms with Crippen LogP contribution in [0.1, 0.15) is 161 Å². The van der Waals surface area contributed by atoms with Crippen molar-refractivity contribution in [3.8, 4) is 0 Å². The Balaban J connectivity index is 0.000000413. The topological polar surface area (TPSA) is 204 Å². The van der Waals surface area contributed by atoms with Crippen molar-refractivity contribution < 1.29 is 51.1 Å². The fourth-order valence-electron chi connectivity index (χ4n) is 7.40. The summed E-state index contributed by atoms with van der Waals surface area (Å²) < 4.78 is 80.5. The van der Waals surface area contributed by atoms with Crippen molar-refractivity contribution in [3.63, 3.8) is 0 Å². The summed E-state index contributed by atoms with van der Waals surface area (Å²) in [5.41, 5.74) is 29.2. The maximum Gasteiger partial charge on any atom is 0.403 e. The lowest BCUT2D eigenvalue weighted by atomic mass is 9.85. The Bertz CT molecular complexity index is 1220. The first-order valence-corrected chi connectivity index (χ1v) is 26.6. The number of nitrogens with two attached hydrogens (primary N) is 5. The van der Waals surface area contributed by atoms with Gasteiger partial charge in [-0.25, -0.2) is 0 Å². The first-order valence-electron chi connectivity index (χ1n) is 24.7. The van der Waals surface area contributed by atoms with Crippen molar-refractivity contribution in [2.75, 3.05) is 64.4 Å². The number of halogens is 3. The number of thioether (sulfide) groups is 2. The third kappa shape index (κ3) is 25.9. The predicted octanol–water partition coefficient (Wildman–Crippen LogP) is 9.05. The van der Waals surface area contributed by atoms with Gasteiger partial charge in [0.05, 0.1) is 56.9 Å². The maximum atomic E-state index is 12.1. The summed E-state index contributed by atoms with van der Waals surface area (Å²) in [7, 11) is 0. The number of hydrogen-bond acceptors (Lipinski definition) is 15. The van der Waals surface area contributed by atoms with Crippen molar-refractivity contribution in [2.24, 2.45) is 45.9 Å². The van der Waals surface area contributed by atoms with E-state index in [1.807, 2.05) is 27.7 Å². The van der Waals surface area contributed by atoms with Gasteiger partial charge in [-0.2, -0.15) is 13.2 Å². The molecule has 0 aromatic heterocycles. The largest absolute Gasteiger partial charge is 0.403 e. The zero-order valence-electron chi connectivity index (χ0n) is 43.5. The second-order valence-electron chi connectivity index (χ2n) is 20.8. The second kappa shape index (κ2) is 30.1. The molecule has 0 aromatic carbocycles. The molecule has 10 N–H and O–H groups in total. The van der Waals surface area contributed by atoms with Crippen molar-refractivity contribution in [1.29, 1.82) is 0 Å². The minimum atomic E-state index is -4.40. The summed E-state index contributed by atoms with van der Waals surface area (Å²) in [6, 6.07) is -1.12. The first-order chi connectivity index (χ1) is 30.4. The first kappa shape index (κ1) is 64.0. The third-order valence-electron chi connectivity index (χ3n) is 12.6. The molecular formula is C48H98F3N5O8S2. The molecule has 6 atom stereocenters. The van der Waals surface area contributed by atoms with Crippen LogP contribution in [0.2, 0.25) is 0 Å². The minimum Gasteiger partial charge on any atom is -0.350 e. The van der Waals surface area contributed by atoms with E-state index in [0.717, 1.165) is 91.0 Å². The van der Waals surface area contributed by atoms with Crippen molar-refractivity contribution >= 4 is 23.5 Å². The van der Waals surface area contributed by atoms with E-state index in [1.54, 1.807) is 0 Å². The molecule has 5 heterocycles. The van der Waals surface area contributed by atoms with Crippen LogP contribution in [-0.4, -0.2) is 128 Å². The van der Waals surface area contributed by atoms with Crippen LogP contribution in [0.3, 0.4) is 0 Å². The summed E-state index contributed by atoms with van der Waals surface area (Å²) in [6.07, 6.45) is 5.17. The van der Waals surface area contributed by atoms with Gasteiger partial charge in [-0.15, -0.1) is 23.5 Å². The quantitative estimate of drug-likeness (QED) is 0.117. The van der Waals surface area contributed by atoms with Gasteiger partial charge < -0.3 is 66.6 Å². The van der Waals surface area contributed by atoms with Gasteiger partial charge in [-0.05, 0) is 109 Å². The summed E-state index contributed by atoms with van der Waals surface area (Å²) >= 11 is 4.19. The van der Waals surface area contributed by atoms with Crippen molar-refractivity contribution in [3.05, 3.63) is 0 Å². The van der Waals surface area contributed by atoms with E-state index in [2.05, 4.69) is 78.9 Å². The Morgan fingerprint density at radius 1 is 0.530 bits per heavy atom. The molecule has 18 heteroatoms. The molecule has 5 fully saturated rings. The third-order valence-corrected chi connectivity index (χ3v) is 15.8. The van der Waals surface area contributed by atoms with Crippen LogP contribution in [0.15, 0.2) is 0 Å². The summed E-state index contributed by atoms with van der Waals surface area (Å²) in [5, 5.41) is 0. The number of ether oxygens (including phenoxy) is 8. The van der Waals surface area contributed by atoms with E-state index in [-0.39, 0.29) is 35.9 Å². The SMILES string of the molecule is CC(C)C(N)CC1(C)OCCCO1.CC(N)C(C)C1(C)OCCCO1.CC1(CC(N)C(C)(C)C)SCCCS1.CC1(CC(N)C(F)(F)F)OCCCO1.CCCC(N)CC1(C)OCCCO1. The number of alkyl halides is 3. The highest BCUT2D eigenvalue weighted by Gasteiger charge is 2.43. The van der Waals surface area contributed by atoms with Gasteiger partial charge in [0, 0.05) is 49.3 Å². The Kier molecular flexibility index (Phi) is 29.2. The molecular weight excluding hydrogens is 896 g/mol. The molecule has 5 rings (SSSR count). The van der Waals surface area contributed by atoms with Crippen LogP contribution in [0.4, 0.5) is 13.2 Å². The van der Waals surface area contributed by atoms with Crippen LogP contribution in [0.25, 0.3) is 0 Å². The van der Waals surface area contributed by atoms with Gasteiger partial charge in [-0.3, -0.25) is 0 Å². The Morgan fingerprint density at radius 3 is 1.26 bits per heavy atom. The molecule has 396 valence electrons. The molecule has 5 aliphatic heterocycles. The second-order valence-corrected chi connectivity index (χ2v) is 24.3. The van der Waals surface area contributed by atoms with E-state index < -0.39 is 35.4 Å². The summed E-state index contributed by atoms with van der Waals surface area (Å²) in [4.78, 5) is 0. The summed E-state index contributed by atoms with van der Waals surface area (Å²) in [5.74, 6) is 0.804. The Hall–Kier alpha value is -0.0300. The molecule has 66 heavy (non-hydrogen) atoms. The van der Waals surface area contributed by atoms with Gasteiger partial charge in [0.25, 0.3) is 0 Å². The zero-order chi connectivity index (χ0) is 50.5. The highest BCUT2D eigenvalue weighted by Crippen LogP contribution is 2.46. The Morgan fingerprint density at radius 2 is 0.909 bits per heavy atom. The smallest absolute Gasteiger partial charge is 0.350 e. The van der Waals surface area contributed by atoms with Crippen LogP contribution in [-0.2, 0) is 37.9 Å². The average Bonchev–Trinajstić information content (AvgIpc) is 3.21. The van der Waals surface area contributed by atoms with Crippen molar-refractivity contribution in [2.45, 2.75) is 224 Å². The van der Waals surface area contributed by atoms with Crippen LogP contribution < -0.4 is 28.7 Å². The van der Waals surface area contributed by atoms with Crippen LogP contribution in [0.5, 0.6) is 0 Å². The fraction of sp³-hybridized carbons (Fsp3) is 1.00. The van der Waals surface area contributed by atoms with Gasteiger partial charge >= 0.3 is 6.18 Å². The van der Waals surface area contributed by atoms with Gasteiger partial charge in [0.1, 0.15) is 6.04 Å². The fourth-order valence-corrected chi connectivity index (χ4v) is 10.5. The molecule has 5 aliphatic rings. The molecule has 5 saturated heterocycles. The lowest BCUT2D eigenvalue weighted by Gasteiger charge is -2.40. The highest BCUT2D eigenvalue weighted by atomic mass is 32.2. The van der Waals surface area contributed by atoms with Crippen LogP contribution >= 0.6 is 23.5 Å². The Labute approximate surface area is 407 Å². The van der Waals surface area contributed by atoms with Crippen molar-refractivity contribution in [1.82, 2.24) is 0 Å². The predicted molar refractivity (Wildman–Crippen MR) is 266 cm³/mol. The highest BCUT2D eigenvalue weighted by molar-refractivity contribution is 8.18. The molecule has 0 amide bonds. The van der Waals surface area contributed by atoms with E-state index in [1.165, 1.54) is 24.9 Å². The average molecular weight is 994 g/mol. The molecule has 0 radical (unpaired) electrons. The normalized spacial score (nSPS) is 25.2. The molecule has 0 bridgehead atoms.